The van der Waals surface area contributed by atoms with Crippen LogP contribution in [0.2, 0.25) is 0 Å². The van der Waals surface area contributed by atoms with Crippen molar-refractivity contribution in [2.24, 2.45) is 0 Å². The average molecular weight is 474 g/mol. The van der Waals surface area contributed by atoms with E-state index in [1.54, 1.807) is 54.9 Å². The molecular weight excluding hydrogens is 453 g/mol. The molecule has 4 aromatic rings. The fourth-order valence-corrected chi connectivity index (χ4v) is 4.22. The number of pyridine rings is 3. The van der Waals surface area contributed by atoms with Gasteiger partial charge >= 0.3 is 0 Å². The number of benzene rings is 1. The summed E-state index contributed by atoms with van der Waals surface area (Å²) >= 11 is -2.18. The van der Waals surface area contributed by atoms with Crippen LogP contribution in [0.3, 0.4) is 0 Å². The topological polar surface area (TPSA) is 112 Å². The fraction of sp³-hybridized carbons (Fsp3) is 0.120. The highest BCUT2D eigenvalue weighted by Gasteiger charge is 2.32. The van der Waals surface area contributed by atoms with Gasteiger partial charge in [0.15, 0.2) is 0 Å². The van der Waals surface area contributed by atoms with Gasteiger partial charge in [0.1, 0.15) is 0 Å². The van der Waals surface area contributed by atoms with Crippen LogP contribution in [0, 0.1) is 17.3 Å². The van der Waals surface area contributed by atoms with Gasteiger partial charge in [-0.25, -0.2) is 13.9 Å². The van der Waals surface area contributed by atoms with Gasteiger partial charge in [0.2, 0.25) is 17.2 Å². The summed E-state index contributed by atoms with van der Waals surface area (Å²) in [5.41, 5.74) is 3.65. The lowest BCUT2D eigenvalue weighted by Crippen LogP contribution is -2.20. The van der Waals surface area contributed by atoms with Crippen molar-refractivity contribution in [3.63, 3.8) is 0 Å². The Morgan fingerprint density at radius 2 is 1.79 bits per heavy atom. The Bertz CT molecular complexity index is 1330. The molecule has 0 aliphatic carbocycles. The van der Waals surface area contributed by atoms with Gasteiger partial charge in [0.05, 0.1) is 23.9 Å². The van der Waals surface area contributed by atoms with E-state index < -0.39 is 29.0 Å². The fourth-order valence-electron chi connectivity index (χ4n) is 3.95. The van der Waals surface area contributed by atoms with Crippen molar-refractivity contribution >= 4 is 11.3 Å². The quantitative estimate of drug-likeness (QED) is 0.295. The minimum Gasteiger partial charge on any atom is -0.294 e. The van der Waals surface area contributed by atoms with Gasteiger partial charge in [-0.15, -0.1) is 0 Å². The van der Waals surface area contributed by atoms with Gasteiger partial charge in [-0.05, 0) is 47.5 Å². The summed E-state index contributed by atoms with van der Waals surface area (Å²) in [4.78, 5) is 12.8. The summed E-state index contributed by atoms with van der Waals surface area (Å²) in [7, 11) is 0. The maximum atomic E-state index is 15.1. The molecule has 0 radical (unpaired) electrons. The minimum absolute atomic E-state index is 0.0792. The molecule has 34 heavy (non-hydrogen) atoms. The van der Waals surface area contributed by atoms with E-state index in [0.717, 1.165) is 11.1 Å². The number of aromatic nitrogens is 3. The second-order valence-corrected chi connectivity index (χ2v) is 8.27. The van der Waals surface area contributed by atoms with E-state index >= 15 is 4.39 Å². The van der Waals surface area contributed by atoms with E-state index in [1.165, 1.54) is 6.20 Å². The molecule has 0 aliphatic heterocycles. The van der Waals surface area contributed by atoms with Crippen LogP contribution in [0.5, 0.6) is 0 Å². The lowest BCUT2D eigenvalue weighted by molar-refractivity contribution is 0.539. The minimum atomic E-state index is -2.18. The van der Waals surface area contributed by atoms with Crippen molar-refractivity contribution in [3.05, 3.63) is 125 Å². The standard InChI is InChI=1S/C25H20FN5O2S/c26-25-21(6-3-13-29-25)23(19-4-2-12-28-15-19)24(18-10-8-17(14-27)9-11-18)22-7-1-5-20(31-22)16-30-34(32)33/h1-13,15,23-24,30H,16H2,(H,32,33). The SMILES string of the molecule is N#Cc1ccc(C(c2cccc(CNS(=O)O)n2)C(c2cccnc2)c2cccnc2F)cc1. The Labute approximate surface area is 198 Å². The van der Waals surface area contributed by atoms with Crippen LogP contribution in [0.25, 0.3) is 0 Å². The Balaban J connectivity index is 1.92. The zero-order valence-corrected chi connectivity index (χ0v) is 18.7. The van der Waals surface area contributed by atoms with Crippen molar-refractivity contribution < 1.29 is 13.2 Å². The second kappa shape index (κ2) is 10.9. The van der Waals surface area contributed by atoms with E-state index in [9.17, 15) is 9.47 Å². The molecule has 4 rings (SSSR count). The monoisotopic (exact) mass is 473 g/mol. The Hall–Kier alpha value is -3.84. The molecule has 3 heterocycles. The third kappa shape index (κ3) is 5.38. The molecule has 0 aliphatic rings. The molecular formula is C25H20FN5O2S. The van der Waals surface area contributed by atoms with E-state index in [2.05, 4.69) is 20.8 Å². The van der Waals surface area contributed by atoms with Crippen molar-refractivity contribution in [1.29, 1.82) is 5.26 Å². The zero-order valence-electron chi connectivity index (χ0n) is 17.9. The molecule has 3 unspecified atom stereocenters. The largest absolute Gasteiger partial charge is 0.294 e. The van der Waals surface area contributed by atoms with Crippen LogP contribution < -0.4 is 4.72 Å². The van der Waals surface area contributed by atoms with Gasteiger partial charge in [0.25, 0.3) is 0 Å². The first kappa shape index (κ1) is 23.3. The van der Waals surface area contributed by atoms with E-state index in [-0.39, 0.29) is 6.54 Å². The first-order valence-corrected chi connectivity index (χ1v) is 11.5. The molecule has 0 spiro atoms. The normalized spacial score (nSPS) is 13.6. The molecule has 0 amide bonds. The molecule has 1 aromatic carbocycles. The lowest BCUT2D eigenvalue weighted by atomic mass is 9.76. The molecule has 2 N–H and O–H groups in total. The third-order valence-electron chi connectivity index (χ3n) is 5.42. The summed E-state index contributed by atoms with van der Waals surface area (Å²) in [6.45, 7) is 0.0792. The number of nitriles is 1. The predicted octanol–water partition coefficient (Wildman–Crippen LogP) is 4.07. The van der Waals surface area contributed by atoms with Crippen LogP contribution in [0.1, 0.15) is 45.5 Å². The summed E-state index contributed by atoms with van der Waals surface area (Å²) in [5, 5.41) is 9.25. The van der Waals surface area contributed by atoms with Crippen LogP contribution in [-0.2, 0) is 17.8 Å². The Kier molecular flexibility index (Phi) is 7.44. The highest BCUT2D eigenvalue weighted by molar-refractivity contribution is 7.77. The zero-order chi connectivity index (χ0) is 23.9. The van der Waals surface area contributed by atoms with E-state index in [0.29, 0.717) is 22.5 Å². The molecule has 3 atom stereocenters. The Morgan fingerprint density at radius 1 is 1.00 bits per heavy atom. The number of nitrogens with one attached hydrogen (secondary N) is 1. The number of rotatable bonds is 8. The van der Waals surface area contributed by atoms with Crippen molar-refractivity contribution in [2.75, 3.05) is 0 Å². The summed E-state index contributed by atoms with van der Waals surface area (Å²) in [6, 6.07) is 21.6. The highest BCUT2D eigenvalue weighted by atomic mass is 32.2. The third-order valence-corrected chi connectivity index (χ3v) is 5.81. The predicted molar refractivity (Wildman–Crippen MR) is 125 cm³/mol. The van der Waals surface area contributed by atoms with Crippen molar-refractivity contribution in [3.8, 4) is 6.07 Å². The van der Waals surface area contributed by atoms with Gasteiger partial charge in [-0.3, -0.25) is 14.5 Å². The Morgan fingerprint density at radius 3 is 2.47 bits per heavy atom. The van der Waals surface area contributed by atoms with Crippen LogP contribution in [-0.4, -0.2) is 23.7 Å². The second-order valence-electron chi connectivity index (χ2n) is 7.48. The van der Waals surface area contributed by atoms with E-state index in [4.69, 9.17) is 9.54 Å². The summed E-state index contributed by atoms with van der Waals surface area (Å²) in [6.07, 6.45) is 4.74. The number of hydrogen-bond donors (Lipinski definition) is 2. The van der Waals surface area contributed by atoms with Crippen molar-refractivity contribution in [1.82, 2.24) is 19.7 Å². The molecule has 170 valence electrons. The van der Waals surface area contributed by atoms with E-state index in [1.807, 2.05) is 24.3 Å². The number of halogens is 1. The number of nitrogens with zero attached hydrogens (tertiary/aromatic N) is 4. The van der Waals surface area contributed by atoms with Crippen molar-refractivity contribution in [2.45, 2.75) is 18.4 Å². The van der Waals surface area contributed by atoms with Crippen LogP contribution in [0.4, 0.5) is 4.39 Å². The molecule has 0 saturated heterocycles. The van der Waals surface area contributed by atoms with Gasteiger partial charge < -0.3 is 0 Å². The molecule has 0 bridgehead atoms. The van der Waals surface area contributed by atoms with Gasteiger partial charge in [-0.2, -0.15) is 9.65 Å². The summed E-state index contributed by atoms with van der Waals surface area (Å²) in [5.74, 6) is -1.59. The lowest BCUT2D eigenvalue weighted by Gasteiger charge is -2.28. The highest BCUT2D eigenvalue weighted by Crippen LogP contribution is 2.42. The molecule has 7 nitrogen and oxygen atoms in total. The smallest absolute Gasteiger partial charge is 0.232 e. The molecule has 3 aromatic heterocycles. The number of hydrogen-bond acceptors (Lipinski definition) is 5. The molecule has 0 fully saturated rings. The van der Waals surface area contributed by atoms with Crippen LogP contribution >= 0.6 is 0 Å². The first-order chi connectivity index (χ1) is 16.6. The maximum Gasteiger partial charge on any atom is 0.232 e. The summed E-state index contributed by atoms with van der Waals surface area (Å²) < 4.78 is 37.7. The van der Waals surface area contributed by atoms with Gasteiger partial charge in [-0.1, -0.05) is 30.3 Å². The first-order valence-electron chi connectivity index (χ1n) is 10.4. The van der Waals surface area contributed by atoms with Crippen LogP contribution in [0.15, 0.2) is 85.3 Å². The maximum absolute atomic E-state index is 15.1. The van der Waals surface area contributed by atoms with Gasteiger partial charge in [0, 0.05) is 41.7 Å². The molecule has 0 saturated carbocycles. The molecule has 9 heteroatoms. The average Bonchev–Trinajstić information content (AvgIpc) is 2.87.